The van der Waals surface area contributed by atoms with Crippen molar-refractivity contribution in [1.29, 1.82) is 0 Å². The van der Waals surface area contributed by atoms with Gasteiger partial charge in [0.2, 0.25) is 0 Å². The number of nitrogens with zero attached hydrogens (tertiary/aromatic N) is 3. The fraction of sp³-hybridized carbons (Fsp3) is 0.500. The van der Waals surface area contributed by atoms with Gasteiger partial charge >= 0.3 is 6.55 Å². The van der Waals surface area contributed by atoms with Crippen LogP contribution in [0.3, 0.4) is 0 Å². The minimum atomic E-state index is -2.71. The van der Waals surface area contributed by atoms with Crippen LogP contribution in [0.15, 0.2) is 12.1 Å². The summed E-state index contributed by atoms with van der Waals surface area (Å²) in [6.07, 6.45) is 2.96. The Hall–Kier alpha value is -2.18. The Labute approximate surface area is 132 Å². The molecule has 23 heavy (non-hydrogen) atoms. The first-order chi connectivity index (χ1) is 11.1. The van der Waals surface area contributed by atoms with Gasteiger partial charge in [0.05, 0.1) is 5.69 Å². The molecule has 4 rings (SSSR count). The van der Waals surface area contributed by atoms with E-state index < -0.39 is 6.55 Å². The summed E-state index contributed by atoms with van der Waals surface area (Å²) in [5, 5.41) is 7.46. The number of H-pyrrole nitrogens is 1. The second-order valence-corrected chi connectivity index (χ2v) is 6.32. The molecule has 2 aliphatic rings. The standard InChI is InChI=1S/C16H18F2N4O/c1-9-2-5-13(22(9)16(17)18)15(23)21-7-6-12-11(8-21)14(20-19-12)10-3-4-10/h2,5,10,16H,3-4,6-8H2,1H3,(H,19,20). The van der Waals surface area contributed by atoms with Crippen LogP contribution in [0.5, 0.6) is 0 Å². The minimum Gasteiger partial charge on any atom is -0.333 e. The van der Waals surface area contributed by atoms with Crippen molar-refractivity contribution in [3.63, 3.8) is 0 Å². The summed E-state index contributed by atoms with van der Waals surface area (Å²) in [7, 11) is 0. The van der Waals surface area contributed by atoms with E-state index in [1.807, 2.05) is 0 Å². The Balaban J connectivity index is 1.62. The molecule has 1 amide bonds. The van der Waals surface area contributed by atoms with Crippen molar-refractivity contribution in [1.82, 2.24) is 19.7 Å². The predicted molar refractivity (Wildman–Crippen MR) is 79.4 cm³/mol. The second kappa shape index (κ2) is 5.18. The van der Waals surface area contributed by atoms with Gasteiger partial charge < -0.3 is 4.90 Å². The monoisotopic (exact) mass is 320 g/mol. The van der Waals surface area contributed by atoms with Crippen molar-refractivity contribution in [2.24, 2.45) is 0 Å². The maximum Gasteiger partial charge on any atom is 0.319 e. The highest BCUT2D eigenvalue weighted by atomic mass is 19.3. The highest BCUT2D eigenvalue weighted by molar-refractivity contribution is 5.93. The molecule has 0 unspecified atom stereocenters. The molecule has 5 nitrogen and oxygen atoms in total. The summed E-state index contributed by atoms with van der Waals surface area (Å²) in [4.78, 5) is 14.4. The fourth-order valence-electron chi connectivity index (χ4n) is 3.33. The number of hydrogen-bond donors (Lipinski definition) is 1. The number of carbonyl (C=O) groups excluding carboxylic acids is 1. The molecule has 0 saturated heterocycles. The molecule has 0 atom stereocenters. The van der Waals surface area contributed by atoms with Gasteiger partial charge in [-0.05, 0) is 31.9 Å². The number of aromatic nitrogens is 3. The Morgan fingerprint density at radius 2 is 2.17 bits per heavy atom. The maximum absolute atomic E-state index is 13.2. The normalized spacial score (nSPS) is 17.7. The molecule has 1 aliphatic heterocycles. The zero-order valence-electron chi connectivity index (χ0n) is 12.9. The Bertz CT molecular complexity index is 760. The lowest BCUT2D eigenvalue weighted by molar-refractivity contribution is 0.0541. The third-order valence-electron chi connectivity index (χ3n) is 4.75. The summed E-state index contributed by atoms with van der Waals surface area (Å²) in [5.41, 5.74) is 3.66. The van der Waals surface area contributed by atoms with Crippen molar-refractivity contribution in [3.8, 4) is 0 Å². The fourth-order valence-corrected chi connectivity index (χ4v) is 3.33. The number of hydrogen-bond acceptors (Lipinski definition) is 2. The highest BCUT2D eigenvalue weighted by Gasteiger charge is 2.34. The second-order valence-electron chi connectivity index (χ2n) is 6.32. The molecule has 0 bridgehead atoms. The molecule has 1 saturated carbocycles. The molecule has 3 heterocycles. The number of rotatable bonds is 3. The molecule has 1 aliphatic carbocycles. The molecule has 0 radical (unpaired) electrons. The average Bonchev–Trinajstić information content (AvgIpc) is 3.16. The Morgan fingerprint density at radius 3 is 2.87 bits per heavy atom. The van der Waals surface area contributed by atoms with E-state index in [4.69, 9.17) is 0 Å². The van der Waals surface area contributed by atoms with E-state index in [0.29, 0.717) is 31.1 Å². The molecule has 1 fully saturated rings. The lowest BCUT2D eigenvalue weighted by Crippen LogP contribution is -2.37. The van der Waals surface area contributed by atoms with Crippen LogP contribution in [-0.2, 0) is 13.0 Å². The summed E-state index contributed by atoms with van der Waals surface area (Å²) >= 11 is 0. The van der Waals surface area contributed by atoms with Crippen molar-refractivity contribution in [2.75, 3.05) is 6.54 Å². The minimum absolute atomic E-state index is 0.0532. The maximum atomic E-state index is 13.2. The lowest BCUT2D eigenvalue weighted by Gasteiger charge is -2.27. The summed E-state index contributed by atoms with van der Waals surface area (Å²) < 4.78 is 27.2. The first kappa shape index (κ1) is 14.4. The van der Waals surface area contributed by atoms with Crippen LogP contribution in [0.4, 0.5) is 8.78 Å². The van der Waals surface area contributed by atoms with Crippen LogP contribution in [-0.4, -0.2) is 32.1 Å². The molecular weight excluding hydrogens is 302 g/mol. The summed E-state index contributed by atoms with van der Waals surface area (Å²) in [6, 6.07) is 3.04. The highest BCUT2D eigenvalue weighted by Crippen LogP contribution is 2.42. The topological polar surface area (TPSA) is 53.9 Å². The van der Waals surface area contributed by atoms with Crippen LogP contribution in [0.2, 0.25) is 0 Å². The van der Waals surface area contributed by atoms with Crippen molar-refractivity contribution in [3.05, 3.63) is 40.5 Å². The number of aryl methyl sites for hydroxylation is 1. The van der Waals surface area contributed by atoms with Crippen LogP contribution in [0.1, 0.15) is 58.4 Å². The zero-order chi connectivity index (χ0) is 16.1. The van der Waals surface area contributed by atoms with Gasteiger partial charge in [-0.25, -0.2) is 0 Å². The van der Waals surface area contributed by atoms with Gasteiger partial charge in [0.1, 0.15) is 5.69 Å². The number of halogens is 2. The van der Waals surface area contributed by atoms with Gasteiger partial charge in [-0.2, -0.15) is 13.9 Å². The zero-order valence-corrected chi connectivity index (χ0v) is 12.9. The van der Waals surface area contributed by atoms with Gasteiger partial charge in [0, 0.05) is 42.4 Å². The number of amides is 1. The molecule has 122 valence electrons. The first-order valence-corrected chi connectivity index (χ1v) is 7.87. The van der Waals surface area contributed by atoms with Gasteiger partial charge in [-0.1, -0.05) is 0 Å². The van der Waals surface area contributed by atoms with E-state index in [-0.39, 0.29) is 11.6 Å². The van der Waals surface area contributed by atoms with E-state index in [0.717, 1.165) is 34.4 Å². The molecule has 2 aromatic heterocycles. The number of carbonyl (C=O) groups is 1. The van der Waals surface area contributed by atoms with E-state index >= 15 is 0 Å². The van der Waals surface area contributed by atoms with Gasteiger partial charge in [-0.3, -0.25) is 14.5 Å². The SMILES string of the molecule is Cc1ccc(C(=O)N2CCc3[nH]nc(C4CC4)c3C2)n1C(F)F. The summed E-state index contributed by atoms with van der Waals surface area (Å²) in [5.74, 6) is 0.157. The number of fused-ring (bicyclic) bond motifs is 1. The lowest BCUT2D eigenvalue weighted by atomic mass is 10.0. The molecule has 0 spiro atoms. The Kier molecular flexibility index (Phi) is 3.25. The van der Waals surface area contributed by atoms with Gasteiger partial charge in [-0.15, -0.1) is 0 Å². The smallest absolute Gasteiger partial charge is 0.319 e. The number of aromatic amines is 1. The van der Waals surface area contributed by atoms with Crippen molar-refractivity contribution < 1.29 is 13.6 Å². The predicted octanol–water partition coefficient (Wildman–Crippen LogP) is 2.99. The van der Waals surface area contributed by atoms with Crippen LogP contribution >= 0.6 is 0 Å². The molecule has 7 heteroatoms. The number of alkyl halides is 2. The van der Waals surface area contributed by atoms with Crippen LogP contribution in [0.25, 0.3) is 0 Å². The number of nitrogens with one attached hydrogen (secondary N) is 1. The van der Waals surface area contributed by atoms with E-state index in [1.54, 1.807) is 17.9 Å². The Morgan fingerprint density at radius 1 is 1.39 bits per heavy atom. The van der Waals surface area contributed by atoms with Crippen LogP contribution in [0, 0.1) is 6.92 Å². The summed E-state index contributed by atoms with van der Waals surface area (Å²) in [6.45, 7) is -0.158. The van der Waals surface area contributed by atoms with E-state index in [1.165, 1.54) is 6.07 Å². The third-order valence-corrected chi connectivity index (χ3v) is 4.75. The van der Waals surface area contributed by atoms with Gasteiger partial charge in [0.15, 0.2) is 0 Å². The first-order valence-electron chi connectivity index (χ1n) is 7.87. The van der Waals surface area contributed by atoms with E-state index in [9.17, 15) is 13.6 Å². The van der Waals surface area contributed by atoms with Crippen molar-refractivity contribution in [2.45, 2.75) is 45.2 Å². The molecule has 0 aromatic carbocycles. The third kappa shape index (κ3) is 2.34. The quantitative estimate of drug-likeness (QED) is 0.945. The molecule has 1 N–H and O–H groups in total. The largest absolute Gasteiger partial charge is 0.333 e. The molecule has 2 aromatic rings. The van der Waals surface area contributed by atoms with Crippen molar-refractivity contribution >= 4 is 5.91 Å². The average molecular weight is 320 g/mol. The van der Waals surface area contributed by atoms with Gasteiger partial charge in [0.25, 0.3) is 5.91 Å². The molecular formula is C16H18F2N4O. The van der Waals surface area contributed by atoms with Crippen LogP contribution < -0.4 is 0 Å². The van der Waals surface area contributed by atoms with E-state index in [2.05, 4.69) is 10.2 Å².